The first-order valence-corrected chi connectivity index (χ1v) is 8.00. The zero-order valence-electron chi connectivity index (χ0n) is 13.3. The Balaban J connectivity index is 2.14. The van der Waals surface area contributed by atoms with Gasteiger partial charge < -0.3 is 9.64 Å². The molecule has 0 N–H and O–H groups in total. The van der Waals surface area contributed by atoms with Gasteiger partial charge in [0.1, 0.15) is 5.75 Å². The maximum atomic E-state index is 5.49. The summed E-state index contributed by atoms with van der Waals surface area (Å²) in [6, 6.07) is 7.46. The second-order valence-corrected chi connectivity index (χ2v) is 6.72. The monoisotopic (exact) mass is 273 g/mol. The standard InChI is InChI=1S/C18H27NO/c1-5-8-18-9-10-19(3)17(13(18)2)11-14-6-7-15(20-4)12-16(14)18/h6-7,12-13,17H,5,8-11H2,1-4H3. The van der Waals surface area contributed by atoms with Gasteiger partial charge in [-0.2, -0.15) is 0 Å². The van der Waals surface area contributed by atoms with Crippen molar-refractivity contribution in [3.05, 3.63) is 29.3 Å². The molecule has 1 aromatic carbocycles. The Hall–Kier alpha value is -1.02. The molecule has 3 rings (SSSR count). The summed E-state index contributed by atoms with van der Waals surface area (Å²) in [6.07, 6.45) is 5.05. The number of fused-ring (bicyclic) bond motifs is 4. The second-order valence-electron chi connectivity index (χ2n) is 6.72. The van der Waals surface area contributed by atoms with Crippen molar-refractivity contribution in [2.24, 2.45) is 5.92 Å². The maximum Gasteiger partial charge on any atom is 0.119 e. The SMILES string of the molecule is CCCC12CCN(C)C(Cc3ccc(OC)cc31)C2C. The van der Waals surface area contributed by atoms with Crippen molar-refractivity contribution >= 4 is 0 Å². The van der Waals surface area contributed by atoms with Crippen molar-refractivity contribution in [1.82, 2.24) is 4.90 Å². The van der Waals surface area contributed by atoms with Crippen LogP contribution < -0.4 is 4.74 Å². The largest absolute Gasteiger partial charge is 0.497 e. The predicted molar refractivity (Wildman–Crippen MR) is 83.5 cm³/mol. The normalized spacial score (nSPS) is 32.8. The molecule has 0 saturated carbocycles. The van der Waals surface area contributed by atoms with Gasteiger partial charge in [-0.25, -0.2) is 0 Å². The van der Waals surface area contributed by atoms with Crippen LogP contribution >= 0.6 is 0 Å². The molecule has 1 heterocycles. The summed E-state index contributed by atoms with van der Waals surface area (Å²) in [5.41, 5.74) is 3.50. The molecule has 1 fully saturated rings. The average Bonchev–Trinajstić information content (AvgIpc) is 2.46. The van der Waals surface area contributed by atoms with Crippen LogP contribution in [0.3, 0.4) is 0 Å². The smallest absolute Gasteiger partial charge is 0.119 e. The van der Waals surface area contributed by atoms with Crippen molar-refractivity contribution < 1.29 is 4.74 Å². The van der Waals surface area contributed by atoms with Crippen LogP contribution in [0.2, 0.25) is 0 Å². The molecule has 2 aliphatic rings. The average molecular weight is 273 g/mol. The number of hydrogen-bond donors (Lipinski definition) is 0. The number of methoxy groups -OCH3 is 1. The summed E-state index contributed by atoms with van der Waals surface area (Å²) in [5.74, 6) is 1.75. The van der Waals surface area contributed by atoms with Crippen LogP contribution in [0.1, 0.15) is 44.2 Å². The molecule has 1 aromatic rings. The van der Waals surface area contributed by atoms with Crippen LogP contribution in [-0.4, -0.2) is 31.6 Å². The molecule has 3 unspecified atom stereocenters. The van der Waals surface area contributed by atoms with E-state index in [1.54, 1.807) is 18.2 Å². The van der Waals surface area contributed by atoms with Gasteiger partial charge in [-0.05, 0) is 62.0 Å². The number of hydrogen-bond acceptors (Lipinski definition) is 2. The van der Waals surface area contributed by atoms with Crippen LogP contribution in [0.15, 0.2) is 18.2 Å². The molecule has 0 radical (unpaired) electrons. The summed E-state index contributed by atoms with van der Waals surface area (Å²) in [5, 5.41) is 0. The fourth-order valence-corrected chi connectivity index (χ4v) is 4.71. The number of piperidine rings is 1. The lowest BCUT2D eigenvalue weighted by molar-refractivity contribution is 0.0354. The third-order valence-corrected chi connectivity index (χ3v) is 5.90. The number of nitrogens with zero attached hydrogens (tertiary/aromatic N) is 1. The Morgan fingerprint density at radius 1 is 1.40 bits per heavy atom. The van der Waals surface area contributed by atoms with Gasteiger partial charge >= 0.3 is 0 Å². The van der Waals surface area contributed by atoms with E-state index >= 15 is 0 Å². The van der Waals surface area contributed by atoms with Gasteiger partial charge in [-0.3, -0.25) is 0 Å². The van der Waals surface area contributed by atoms with Gasteiger partial charge in [0.15, 0.2) is 0 Å². The van der Waals surface area contributed by atoms with E-state index < -0.39 is 0 Å². The molecule has 0 spiro atoms. The van der Waals surface area contributed by atoms with Gasteiger partial charge in [0.2, 0.25) is 0 Å². The van der Waals surface area contributed by atoms with Crippen molar-refractivity contribution in [1.29, 1.82) is 0 Å². The molecular formula is C18H27NO. The second kappa shape index (κ2) is 5.07. The molecule has 0 aromatic heterocycles. The lowest BCUT2D eigenvalue weighted by Crippen LogP contribution is -2.57. The van der Waals surface area contributed by atoms with E-state index in [4.69, 9.17) is 4.74 Å². The lowest BCUT2D eigenvalue weighted by Gasteiger charge is -2.55. The molecule has 2 heteroatoms. The minimum absolute atomic E-state index is 0.369. The van der Waals surface area contributed by atoms with Gasteiger partial charge in [0.05, 0.1) is 7.11 Å². The fraction of sp³-hybridized carbons (Fsp3) is 0.667. The molecule has 2 bridgehead atoms. The van der Waals surface area contributed by atoms with Crippen LogP contribution in [0.25, 0.3) is 0 Å². The molecule has 3 atom stereocenters. The number of likely N-dealkylation sites (N-methyl/N-ethyl adjacent to an activating group) is 1. The van der Waals surface area contributed by atoms with E-state index in [9.17, 15) is 0 Å². The third kappa shape index (κ3) is 1.88. The molecule has 1 saturated heterocycles. The third-order valence-electron chi connectivity index (χ3n) is 5.90. The van der Waals surface area contributed by atoms with Crippen LogP contribution in [-0.2, 0) is 11.8 Å². The van der Waals surface area contributed by atoms with Crippen molar-refractivity contribution in [2.75, 3.05) is 20.7 Å². The van der Waals surface area contributed by atoms with E-state index in [0.717, 1.165) is 11.7 Å². The van der Waals surface area contributed by atoms with E-state index in [1.165, 1.54) is 32.2 Å². The van der Waals surface area contributed by atoms with Crippen LogP contribution in [0.5, 0.6) is 5.75 Å². The highest BCUT2D eigenvalue weighted by atomic mass is 16.5. The minimum Gasteiger partial charge on any atom is -0.497 e. The quantitative estimate of drug-likeness (QED) is 0.834. The summed E-state index contributed by atoms with van der Waals surface area (Å²) in [6.45, 7) is 6.02. The Morgan fingerprint density at radius 3 is 2.90 bits per heavy atom. The van der Waals surface area contributed by atoms with Crippen molar-refractivity contribution in [3.8, 4) is 5.75 Å². The van der Waals surface area contributed by atoms with Gasteiger partial charge in [0, 0.05) is 11.5 Å². The molecule has 110 valence electrons. The minimum atomic E-state index is 0.369. The summed E-state index contributed by atoms with van der Waals surface area (Å²) < 4.78 is 5.49. The summed E-state index contributed by atoms with van der Waals surface area (Å²) in [4.78, 5) is 2.58. The molecule has 1 aliphatic heterocycles. The first kappa shape index (κ1) is 13.9. The van der Waals surface area contributed by atoms with Crippen molar-refractivity contribution in [2.45, 2.75) is 51.0 Å². The Bertz CT molecular complexity index is 498. The highest BCUT2D eigenvalue weighted by molar-refractivity contribution is 5.45. The number of ether oxygens (including phenoxy) is 1. The molecular weight excluding hydrogens is 246 g/mol. The Morgan fingerprint density at radius 2 is 2.20 bits per heavy atom. The van der Waals surface area contributed by atoms with Crippen LogP contribution in [0, 0.1) is 5.92 Å². The highest BCUT2D eigenvalue weighted by Gasteiger charge is 2.49. The van der Waals surface area contributed by atoms with Gasteiger partial charge in [0.25, 0.3) is 0 Å². The molecule has 20 heavy (non-hydrogen) atoms. The summed E-state index contributed by atoms with van der Waals surface area (Å²) >= 11 is 0. The van der Waals surface area contributed by atoms with E-state index in [1.807, 2.05) is 0 Å². The van der Waals surface area contributed by atoms with E-state index in [2.05, 4.69) is 44.0 Å². The highest BCUT2D eigenvalue weighted by Crippen LogP contribution is 2.51. The van der Waals surface area contributed by atoms with Crippen molar-refractivity contribution in [3.63, 3.8) is 0 Å². The first-order chi connectivity index (χ1) is 9.62. The maximum absolute atomic E-state index is 5.49. The number of rotatable bonds is 3. The Kier molecular flexibility index (Phi) is 3.53. The topological polar surface area (TPSA) is 12.5 Å². The zero-order chi connectivity index (χ0) is 14.3. The Labute approximate surface area is 123 Å². The molecule has 1 aliphatic carbocycles. The van der Waals surface area contributed by atoms with Crippen LogP contribution in [0.4, 0.5) is 0 Å². The first-order valence-electron chi connectivity index (χ1n) is 8.00. The zero-order valence-corrected chi connectivity index (χ0v) is 13.3. The van der Waals surface area contributed by atoms with E-state index in [0.29, 0.717) is 11.5 Å². The van der Waals surface area contributed by atoms with Gasteiger partial charge in [-0.1, -0.05) is 26.3 Å². The van der Waals surface area contributed by atoms with E-state index in [-0.39, 0.29) is 0 Å². The predicted octanol–water partition coefficient (Wildman–Crippen LogP) is 3.63. The summed E-state index contributed by atoms with van der Waals surface area (Å²) in [7, 11) is 4.07. The molecule has 0 amide bonds. The number of likely N-dealkylation sites (tertiary alicyclic amines) is 1. The lowest BCUT2D eigenvalue weighted by atomic mass is 9.56. The fourth-order valence-electron chi connectivity index (χ4n) is 4.71. The number of benzene rings is 1. The molecule has 2 nitrogen and oxygen atoms in total. The van der Waals surface area contributed by atoms with Gasteiger partial charge in [-0.15, -0.1) is 0 Å².